The first kappa shape index (κ1) is 17.6. The summed E-state index contributed by atoms with van der Waals surface area (Å²) in [5.41, 5.74) is 3.21. The Balaban J connectivity index is 1.67. The van der Waals surface area contributed by atoms with E-state index in [1.807, 2.05) is 19.3 Å². The van der Waals surface area contributed by atoms with Gasteiger partial charge in [-0.15, -0.1) is 0 Å². The molecule has 25 heavy (non-hydrogen) atoms. The second-order valence-corrected chi connectivity index (χ2v) is 6.25. The Labute approximate surface area is 147 Å². The monoisotopic (exact) mass is 346 g/mol. The van der Waals surface area contributed by atoms with E-state index < -0.39 is 0 Å². The number of aryl methyl sites for hydroxylation is 1. The Kier molecular flexibility index (Phi) is 5.83. The molecule has 3 rings (SSSR count). The number of imidazole rings is 1. The Hall–Kier alpha value is -2.19. The molecule has 2 aromatic rings. The lowest BCUT2D eigenvalue weighted by molar-refractivity contribution is 0.193. The first-order chi connectivity index (χ1) is 12.2. The average molecular weight is 346 g/mol. The maximum absolute atomic E-state index is 9.01. The van der Waals surface area contributed by atoms with Gasteiger partial charge in [0.15, 0.2) is 0 Å². The zero-order chi connectivity index (χ0) is 17.6. The number of ether oxygens (including phenoxy) is 1. The predicted molar refractivity (Wildman–Crippen MR) is 96.0 cm³/mol. The molecule has 0 aliphatic carbocycles. The minimum Gasteiger partial charge on any atom is -0.395 e. The fourth-order valence-corrected chi connectivity index (χ4v) is 2.85. The zero-order valence-corrected chi connectivity index (χ0v) is 14.8. The molecule has 3 N–H and O–H groups in total. The molecule has 0 spiro atoms. The van der Waals surface area contributed by atoms with Crippen molar-refractivity contribution in [2.24, 2.45) is 0 Å². The SMILES string of the molecule is Cc1ncn(CCNc2cc([C@@H]3CCOC3)nc(NCCO)n2)c1C. The van der Waals surface area contributed by atoms with Crippen LogP contribution in [-0.4, -0.2) is 57.5 Å². The van der Waals surface area contributed by atoms with E-state index in [9.17, 15) is 0 Å². The molecule has 1 aliphatic heterocycles. The maximum atomic E-state index is 9.01. The number of nitrogens with one attached hydrogen (secondary N) is 2. The third-order valence-electron chi connectivity index (χ3n) is 4.49. The Bertz CT molecular complexity index is 696. The minimum absolute atomic E-state index is 0.0438. The normalized spacial score (nSPS) is 17.0. The highest BCUT2D eigenvalue weighted by Gasteiger charge is 2.20. The van der Waals surface area contributed by atoms with Gasteiger partial charge in [-0.3, -0.25) is 0 Å². The summed E-state index contributed by atoms with van der Waals surface area (Å²) in [6.45, 7) is 7.59. The van der Waals surface area contributed by atoms with Gasteiger partial charge in [-0.05, 0) is 20.3 Å². The molecule has 0 unspecified atom stereocenters. The molecule has 0 saturated carbocycles. The summed E-state index contributed by atoms with van der Waals surface area (Å²) in [5.74, 6) is 1.62. The van der Waals surface area contributed by atoms with Crippen molar-refractivity contribution in [3.05, 3.63) is 29.5 Å². The maximum Gasteiger partial charge on any atom is 0.224 e. The van der Waals surface area contributed by atoms with Crippen LogP contribution in [0.2, 0.25) is 0 Å². The van der Waals surface area contributed by atoms with Crippen LogP contribution in [0.5, 0.6) is 0 Å². The van der Waals surface area contributed by atoms with Gasteiger partial charge in [0.25, 0.3) is 0 Å². The Morgan fingerprint density at radius 3 is 2.84 bits per heavy atom. The molecule has 0 amide bonds. The molecule has 3 heterocycles. The van der Waals surface area contributed by atoms with Crippen LogP contribution in [0.4, 0.5) is 11.8 Å². The van der Waals surface area contributed by atoms with Crippen molar-refractivity contribution in [2.75, 3.05) is 43.5 Å². The highest BCUT2D eigenvalue weighted by atomic mass is 16.5. The number of hydrogen-bond acceptors (Lipinski definition) is 7. The van der Waals surface area contributed by atoms with Gasteiger partial charge in [-0.1, -0.05) is 0 Å². The van der Waals surface area contributed by atoms with Crippen molar-refractivity contribution in [1.82, 2.24) is 19.5 Å². The second kappa shape index (κ2) is 8.26. The van der Waals surface area contributed by atoms with Gasteiger partial charge >= 0.3 is 0 Å². The molecular weight excluding hydrogens is 320 g/mol. The lowest BCUT2D eigenvalue weighted by Crippen LogP contribution is -2.15. The fourth-order valence-electron chi connectivity index (χ4n) is 2.85. The third-order valence-corrected chi connectivity index (χ3v) is 4.49. The van der Waals surface area contributed by atoms with Gasteiger partial charge in [-0.2, -0.15) is 4.98 Å². The van der Waals surface area contributed by atoms with Crippen molar-refractivity contribution < 1.29 is 9.84 Å². The van der Waals surface area contributed by atoms with Crippen LogP contribution in [0.1, 0.15) is 29.4 Å². The van der Waals surface area contributed by atoms with Crippen molar-refractivity contribution in [2.45, 2.75) is 32.7 Å². The van der Waals surface area contributed by atoms with Crippen molar-refractivity contribution in [3.8, 4) is 0 Å². The van der Waals surface area contributed by atoms with Crippen LogP contribution in [0.3, 0.4) is 0 Å². The van der Waals surface area contributed by atoms with Crippen molar-refractivity contribution >= 4 is 11.8 Å². The lowest BCUT2D eigenvalue weighted by atomic mass is 10.0. The van der Waals surface area contributed by atoms with Crippen LogP contribution in [-0.2, 0) is 11.3 Å². The van der Waals surface area contributed by atoms with E-state index in [1.165, 1.54) is 5.69 Å². The molecule has 1 atom stereocenters. The molecule has 1 saturated heterocycles. The summed E-state index contributed by atoms with van der Waals surface area (Å²) in [5, 5.41) is 15.4. The van der Waals surface area contributed by atoms with Crippen LogP contribution in [0.25, 0.3) is 0 Å². The molecule has 0 radical (unpaired) electrons. The topological polar surface area (TPSA) is 97.1 Å². The average Bonchev–Trinajstić information content (AvgIpc) is 3.26. The van der Waals surface area contributed by atoms with E-state index in [0.29, 0.717) is 25.0 Å². The largest absolute Gasteiger partial charge is 0.395 e. The number of rotatable bonds is 8. The minimum atomic E-state index is 0.0438. The van der Waals surface area contributed by atoms with Crippen molar-refractivity contribution in [1.29, 1.82) is 0 Å². The van der Waals surface area contributed by atoms with E-state index >= 15 is 0 Å². The number of aromatic nitrogens is 4. The molecule has 8 nitrogen and oxygen atoms in total. The summed E-state index contributed by atoms with van der Waals surface area (Å²) >= 11 is 0. The standard InChI is InChI=1S/C17H26N6O2/c1-12-13(2)23(11-20-12)6-4-18-16-9-15(14-3-8-25-10-14)21-17(22-16)19-5-7-24/h9,11,14,24H,3-8,10H2,1-2H3,(H2,18,19,21,22)/t14-/m1/s1. The quantitative estimate of drug-likeness (QED) is 0.663. The van der Waals surface area contributed by atoms with Crippen LogP contribution >= 0.6 is 0 Å². The van der Waals surface area contributed by atoms with Gasteiger partial charge in [0, 0.05) is 43.9 Å². The number of anilines is 2. The first-order valence-corrected chi connectivity index (χ1v) is 8.71. The smallest absolute Gasteiger partial charge is 0.224 e. The summed E-state index contributed by atoms with van der Waals surface area (Å²) in [7, 11) is 0. The van der Waals surface area contributed by atoms with E-state index in [1.54, 1.807) is 0 Å². The van der Waals surface area contributed by atoms with Gasteiger partial charge in [0.05, 0.1) is 30.9 Å². The molecule has 1 fully saturated rings. The van der Waals surface area contributed by atoms with E-state index in [0.717, 1.165) is 43.3 Å². The lowest BCUT2D eigenvalue weighted by Gasteiger charge is -2.14. The van der Waals surface area contributed by atoms with Crippen LogP contribution < -0.4 is 10.6 Å². The highest BCUT2D eigenvalue weighted by Crippen LogP contribution is 2.26. The van der Waals surface area contributed by atoms with Gasteiger partial charge < -0.3 is 25.0 Å². The first-order valence-electron chi connectivity index (χ1n) is 8.71. The number of nitrogens with zero attached hydrogens (tertiary/aromatic N) is 4. The summed E-state index contributed by atoms with van der Waals surface area (Å²) in [6, 6.07) is 2.00. The molecule has 136 valence electrons. The van der Waals surface area contributed by atoms with Gasteiger partial charge in [0.2, 0.25) is 5.95 Å². The van der Waals surface area contributed by atoms with Gasteiger partial charge in [-0.25, -0.2) is 9.97 Å². The third kappa shape index (κ3) is 4.46. The van der Waals surface area contributed by atoms with E-state index in [-0.39, 0.29) is 6.61 Å². The molecular formula is C17H26N6O2. The summed E-state index contributed by atoms with van der Waals surface area (Å²) in [6.07, 6.45) is 2.84. The van der Waals surface area contributed by atoms with Gasteiger partial charge in [0.1, 0.15) is 5.82 Å². The molecule has 8 heteroatoms. The van der Waals surface area contributed by atoms with Crippen LogP contribution in [0, 0.1) is 13.8 Å². The Morgan fingerprint density at radius 2 is 2.16 bits per heavy atom. The van der Waals surface area contributed by atoms with Crippen LogP contribution in [0.15, 0.2) is 12.4 Å². The summed E-state index contributed by atoms with van der Waals surface area (Å²) < 4.78 is 7.60. The van der Waals surface area contributed by atoms with E-state index in [4.69, 9.17) is 9.84 Å². The van der Waals surface area contributed by atoms with Crippen molar-refractivity contribution in [3.63, 3.8) is 0 Å². The predicted octanol–water partition coefficient (Wildman–Crippen LogP) is 1.31. The summed E-state index contributed by atoms with van der Waals surface area (Å²) in [4.78, 5) is 13.4. The molecule has 0 aromatic carbocycles. The number of aliphatic hydroxyl groups excluding tert-OH is 1. The van der Waals surface area contributed by atoms with E-state index in [2.05, 4.69) is 37.1 Å². The highest BCUT2D eigenvalue weighted by molar-refractivity contribution is 5.43. The molecule has 1 aliphatic rings. The fraction of sp³-hybridized carbons (Fsp3) is 0.588. The molecule has 0 bridgehead atoms. The second-order valence-electron chi connectivity index (χ2n) is 6.25. The molecule has 2 aromatic heterocycles. The number of aliphatic hydroxyl groups is 1. The number of hydrogen-bond donors (Lipinski definition) is 3. The zero-order valence-electron chi connectivity index (χ0n) is 14.8. The Morgan fingerprint density at radius 1 is 1.28 bits per heavy atom.